The number of ether oxygens (including phenoxy) is 3. The first-order valence-corrected chi connectivity index (χ1v) is 6.42. The van der Waals surface area contributed by atoms with Gasteiger partial charge in [0.05, 0.1) is 24.2 Å². The largest absolute Gasteiger partial charge is 0.475 e. The number of hydrogen-bond donors (Lipinski definition) is 0. The van der Waals surface area contributed by atoms with Gasteiger partial charge in [-0.05, 0) is 12.1 Å². The molecular formula is C14H14N2O4. The van der Waals surface area contributed by atoms with E-state index in [0.717, 1.165) is 5.56 Å². The lowest BCUT2D eigenvalue weighted by Gasteiger charge is -2.13. The molecule has 2 heterocycles. The van der Waals surface area contributed by atoms with Crippen molar-refractivity contribution >= 4 is 17.8 Å². The highest BCUT2D eigenvalue weighted by Crippen LogP contribution is 2.27. The summed E-state index contributed by atoms with van der Waals surface area (Å²) in [5.41, 5.74) is 1.36. The van der Waals surface area contributed by atoms with Crippen molar-refractivity contribution < 1.29 is 19.0 Å². The molecule has 0 fully saturated rings. The predicted molar refractivity (Wildman–Crippen MR) is 72.5 cm³/mol. The van der Waals surface area contributed by atoms with Crippen LogP contribution in [0.1, 0.15) is 18.1 Å². The number of esters is 1. The van der Waals surface area contributed by atoms with Crippen LogP contribution in [0, 0.1) is 0 Å². The Bertz CT molecular complexity index is 607. The Labute approximate surface area is 116 Å². The third kappa shape index (κ3) is 2.36. The Morgan fingerprint density at radius 1 is 1.15 bits per heavy atom. The van der Waals surface area contributed by atoms with Gasteiger partial charge in [0, 0.05) is 6.92 Å². The molecular weight excluding hydrogens is 260 g/mol. The monoisotopic (exact) mass is 274 g/mol. The SMILES string of the molecule is CC(=O)Oc1cccc(C2=NCCO2)c1C1=NCCO1. The normalized spacial score (nSPS) is 17.1. The Balaban J connectivity index is 2.10. The Hall–Kier alpha value is -2.37. The highest BCUT2D eigenvalue weighted by Gasteiger charge is 2.25. The molecule has 104 valence electrons. The van der Waals surface area contributed by atoms with Gasteiger partial charge < -0.3 is 14.2 Å². The predicted octanol–water partition coefficient (Wildman–Crippen LogP) is 1.17. The van der Waals surface area contributed by atoms with Crippen molar-refractivity contribution in [3.63, 3.8) is 0 Å². The summed E-state index contributed by atoms with van der Waals surface area (Å²) in [5.74, 6) is 1.02. The molecule has 0 amide bonds. The second-order valence-electron chi connectivity index (χ2n) is 4.34. The summed E-state index contributed by atoms with van der Waals surface area (Å²) in [6.07, 6.45) is 0. The summed E-state index contributed by atoms with van der Waals surface area (Å²) in [5, 5.41) is 0. The van der Waals surface area contributed by atoms with E-state index in [4.69, 9.17) is 14.2 Å². The topological polar surface area (TPSA) is 69.5 Å². The van der Waals surface area contributed by atoms with Crippen molar-refractivity contribution in [2.45, 2.75) is 6.92 Å². The van der Waals surface area contributed by atoms with Crippen LogP contribution in [0.3, 0.4) is 0 Å². The number of rotatable bonds is 3. The third-order valence-corrected chi connectivity index (χ3v) is 2.90. The van der Waals surface area contributed by atoms with Gasteiger partial charge in [0.1, 0.15) is 19.0 Å². The van der Waals surface area contributed by atoms with Gasteiger partial charge in [0.15, 0.2) is 0 Å². The summed E-state index contributed by atoms with van der Waals surface area (Å²) >= 11 is 0. The van der Waals surface area contributed by atoms with E-state index < -0.39 is 5.97 Å². The van der Waals surface area contributed by atoms with Gasteiger partial charge in [-0.2, -0.15) is 0 Å². The van der Waals surface area contributed by atoms with Crippen LogP contribution in [0.4, 0.5) is 0 Å². The lowest BCUT2D eigenvalue weighted by Crippen LogP contribution is -2.15. The van der Waals surface area contributed by atoms with Crippen LogP contribution in [0.2, 0.25) is 0 Å². The molecule has 3 rings (SSSR count). The molecule has 1 aromatic carbocycles. The van der Waals surface area contributed by atoms with Gasteiger partial charge in [-0.3, -0.25) is 4.79 Å². The zero-order valence-corrected chi connectivity index (χ0v) is 11.1. The van der Waals surface area contributed by atoms with Gasteiger partial charge in [-0.15, -0.1) is 0 Å². The number of carbonyl (C=O) groups is 1. The van der Waals surface area contributed by atoms with Gasteiger partial charge in [0.25, 0.3) is 0 Å². The van der Waals surface area contributed by atoms with Crippen LogP contribution >= 0.6 is 0 Å². The first kappa shape index (κ1) is 12.7. The maximum Gasteiger partial charge on any atom is 0.308 e. The fraction of sp³-hybridized carbons (Fsp3) is 0.357. The van der Waals surface area contributed by atoms with E-state index >= 15 is 0 Å². The molecule has 6 heteroatoms. The fourth-order valence-electron chi connectivity index (χ4n) is 2.15. The molecule has 1 aromatic rings. The molecule has 0 atom stereocenters. The summed E-state index contributed by atoms with van der Waals surface area (Å²) in [6, 6.07) is 5.35. The zero-order chi connectivity index (χ0) is 13.9. The average Bonchev–Trinajstić information content (AvgIpc) is 3.11. The molecule has 0 aromatic heterocycles. The van der Waals surface area contributed by atoms with Gasteiger partial charge in [-0.25, -0.2) is 9.98 Å². The van der Waals surface area contributed by atoms with E-state index in [9.17, 15) is 4.79 Å². The van der Waals surface area contributed by atoms with E-state index in [1.165, 1.54) is 6.92 Å². The number of aliphatic imine (C=N–C) groups is 2. The molecule has 0 bridgehead atoms. The van der Waals surface area contributed by atoms with E-state index in [-0.39, 0.29) is 0 Å². The first-order valence-electron chi connectivity index (χ1n) is 6.42. The van der Waals surface area contributed by atoms with Crippen LogP contribution in [0.15, 0.2) is 28.2 Å². The minimum atomic E-state index is -0.392. The highest BCUT2D eigenvalue weighted by molar-refractivity contribution is 6.09. The number of benzene rings is 1. The fourth-order valence-corrected chi connectivity index (χ4v) is 2.15. The van der Waals surface area contributed by atoms with Crippen LogP contribution < -0.4 is 4.74 Å². The number of carbonyl (C=O) groups excluding carboxylic acids is 1. The standard InChI is InChI=1S/C14H14N2O4/c1-9(17)20-11-4-2-3-10(13-15-5-7-18-13)12(11)14-16-6-8-19-14/h2-4H,5-8H2,1H3. The number of nitrogens with zero attached hydrogens (tertiary/aromatic N) is 2. The molecule has 0 saturated heterocycles. The summed E-state index contributed by atoms with van der Waals surface area (Å²) in [4.78, 5) is 19.8. The molecule has 2 aliphatic rings. The van der Waals surface area contributed by atoms with Crippen molar-refractivity contribution in [3.05, 3.63) is 29.3 Å². The maximum absolute atomic E-state index is 11.2. The van der Waals surface area contributed by atoms with Crippen molar-refractivity contribution in [3.8, 4) is 5.75 Å². The van der Waals surface area contributed by atoms with Gasteiger partial charge >= 0.3 is 5.97 Å². The zero-order valence-electron chi connectivity index (χ0n) is 11.1. The smallest absolute Gasteiger partial charge is 0.308 e. The third-order valence-electron chi connectivity index (χ3n) is 2.90. The van der Waals surface area contributed by atoms with E-state index in [0.29, 0.717) is 49.4 Å². The molecule has 0 saturated carbocycles. The second kappa shape index (κ2) is 5.32. The molecule has 2 aliphatic heterocycles. The Morgan fingerprint density at radius 2 is 1.85 bits per heavy atom. The first-order chi connectivity index (χ1) is 9.75. The van der Waals surface area contributed by atoms with Gasteiger partial charge in [0.2, 0.25) is 11.8 Å². The molecule has 20 heavy (non-hydrogen) atoms. The van der Waals surface area contributed by atoms with Crippen LogP contribution in [-0.2, 0) is 14.3 Å². The minimum absolute atomic E-state index is 0.392. The minimum Gasteiger partial charge on any atom is -0.475 e. The molecule has 0 N–H and O–H groups in total. The molecule has 0 spiro atoms. The van der Waals surface area contributed by atoms with Crippen molar-refractivity contribution in [2.75, 3.05) is 26.3 Å². The maximum atomic E-state index is 11.2. The Kier molecular flexibility index (Phi) is 3.37. The van der Waals surface area contributed by atoms with Crippen LogP contribution in [-0.4, -0.2) is 44.1 Å². The lowest BCUT2D eigenvalue weighted by atomic mass is 10.1. The quantitative estimate of drug-likeness (QED) is 0.612. The van der Waals surface area contributed by atoms with E-state index in [2.05, 4.69) is 9.98 Å². The number of hydrogen-bond acceptors (Lipinski definition) is 6. The summed E-state index contributed by atoms with van der Waals surface area (Å²) in [7, 11) is 0. The van der Waals surface area contributed by atoms with Crippen molar-refractivity contribution in [1.82, 2.24) is 0 Å². The summed E-state index contributed by atoms with van der Waals surface area (Å²) in [6.45, 7) is 3.66. The van der Waals surface area contributed by atoms with E-state index in [1.54, 1.807) is 12.1 Å². The van der Waals surface area contributed by atoms with E-state index in [1.807, 2.05) is 6.07 Å². The van der Waals surface area contributed by atoms with Crippen molar-refractivity contribution in [2.24, 2.45) is 9.98 Å². The lowest BCUT2D eigenvalue weighted by molar-refractivity contribution is -0.131. The van der Waals surface area contributed by atoms with Crippen molar-refractivity contribution in [1.29, 1.82) is 0 Å². The van der Waals surface area contributed by atoms with Gasteiger partial charge in [-0.1, -0.05) is 6.07 Å². The molecule has 0 radical (unpaired) electrons. The Morgan fingerprint density at radius 3 is 2.45 bits per heavy atom. The van der Waals surface area contributed by atoms with Crippen LogP contribution in [0.5, 0.6) is 5.75 Å². The molecule has 0 unspecified atom stereocenters. The average molecular weight is 274 g/mol. The molecule has 0 aliphatic carbocycles. The van der Waals surface area contributed by atoms with Crippen LogP contribution in [0.25, 0.3) is 0 Å². The highest BCUT2D eigenvalue weighted by atomic mass is 16.5. The molecule has 6 nitrogen and oxygen atoms in total. The summed E-state index contributed by atoms with van der Waals surface area (Å²) < 4.78 is 16.3. The second-order valence-corrected chi connectivity index (χ2v) is 4.34.